The monoisotopic (exact) mass is 404 g/mol. The van der Waals surface area contributed by atoms with Crippen LogP contribution in [0.15, 0.2) is 48.5 Å². The molecule has 0 heterocycles. The van der Waals surface area contributed by atoms with Crippen molar-refractivity contribution in [1.82, 2.24) is 5.32 Å². The van der Waals surface area contributed by atoms with Crippen LogP contribution in [-0.4, -0.2) is 19.3 Å². The van der Waals surface area contributed by atoms with Gasteiger partial charge in [-0.3, -0.25) is 0 Å². The Bertz CT molecular complexity index is 673. The Morgan fingerprint density at radius 2 is 1.74 bits per heavy atom. The van der Waals surface area contributed by atoms with Gasteiger partial charge in [-0.2, -0.15) is 0 Å². The van der Waals surface area contributed by atoms with E-state index in [-0.39, 0.29) is 0 Å². The summed E-state index contributed by atoms with van der Waals surface area (Å²) in [5.41, 5.74) is 3.99. The highest BCUT2D eigenvalue weighted by molar-refractivity contribution is 7.16. The van der Waals surface area contributed by atoms with Crippen LogP contribution in [0.3, 0.4) is 0 Å². The number of halogens is 1. The zero-order chi connectivity index (χ0) is 19.5. The molecule has 2 rings (SSSR count). The minimum atomic E-state index is 0.305. The maximum absolute atomic E-state index is 6.45. The van der Waals surface area contributed by atoms with E-state index in [0.29, 0.717) is 5.41 Å². The van der Waals surface area contributed by atoms with E-state index in [0.717, 1.165) is 49.3 Å². The van der Waals surface area contributed by atoms with E-state index in [1.807, 2.05) is 0 Å². The Hall–Kier alpha value is -1.08. The van der Waals surface area contributed by atoms with Crippen molar-refractivity contribution in [1.29, 1.82) is 0 Å². The maximum Gasteiger partial charge on any atom is 0.0640 e. The zero-order valence-electron chi connectivity index (χ0n) is 16.7. The van der Waals surface area contributed by atoms with E-state index in [1.54, 1.807) is 0 Å². The van der Waals surface area contributed by atoms with Crippen molar-refractivity contribution in [2.75, 3.05) is 24.6 Å². The largest absolute Gasteiger partial charge is 0.384 e. The lowest BCUT2D eigenvalue weighted by atomic mass is 9.81. The van der Waals surface area contributed by atoms with E-state index < -0.39 is 0 Å². The molecular weight excluding hydrogens is 371 g/mol. The van der Waals surface area contributed by atoms with Crippen molar-refractivity contribution < 1.29 is 0 Å². The van der Waals surface area contributed by atoms with Gasteiger partial charge in [0.1, 0.15) is 0 Å². The topological polar surface area (TPSA) is 24.1 Å². The van der Waals surface area contributed by atoms with Crippen LogP contribution in [0.1, 0.15) is 44.2 Å². The van der Waals surface area contributed by atoms with Crippen LogP contribution < -0.4 is 10.6 Å². The Balaban J connectivity index is 1.73. The van der Waals surface area contributed by atoms with Crippen molar-refractivity contribution in [3.05, 3.63) is 64.7 Å². The number of hydrogen-bond acceptors (Lipinski definition) is 2. The Morgan fingerprint density at radius 1 is 0.963 bits per heavy atom. The van der Waals surface area contributed by atoms with Crippen LogP contribution in [0.4, 0.5) is 5.69 Å². The molecule has 0 aliphatic heterocycles. The summed E-state index contributed by atoms with van der Waals surface area (Å²) >= 11 is 6.45. The Labute approximate surface area is 172 Å². The minimum absolute atomic E-state index is 0.305. The normalized spacial score (nSPS) is 11.6. The molecule has 1 unspecified atom stereocenters. The van der Waals surface area contributed by atoms with E-state index in [4.69, 9.17) is 11.6 Å². The third-order valence-electron chi connectivity index (χ3n) is 4.79. The average Bonchev–Trinajstić information content (AvgIpc) is 2.64. The SMILES string of the molecule is CC(C)(CCCNc1ccc(CNCCCP)cc1Cl)Cc1ccccc1. The summed E-state index contributed by atoms with van der Waals surface area (Å²) in [7, 11) is 2.76. The summed E-state index contributed by atoms with van der Waals surface area (Å²) in [5.74, 6) is 0. The summed E-state index contributed by atoms with van der Waals surface area (Å²) in [6.45, 7) is 7.57. The van der Waals surface area contributed by atoms with Crippen molar-refractivity contribution >= 4 is 26.5 Å². The first-order valence-electron chi connectivity index (χ1n) is 9.97. The first kappa shape index (κ1) is 22.2. The molecule has 4 heteroatoms. The molecule has 1 atom stereocenters. The van der Waals surface area contributed by atoms with Gasteiger partial charge in [0.25, 0.3) is 0 Å². The third-order valence-corrected chi connectivity index (χ3v) is 5.51. The summed E-state index contributed by atoms with van der Waals surface area (Å²) in [4.78, 5) is 0. The van der Waals surface area contributed by atoms with Gasteiger partial charge in [0.2, 0.25) is 0 Å². The molecule has 0 fully saturated rings. The predicted octanol–water partition coefficient (Wildman–Crippen LogP) is 6.16. The Morgan fingerprint density at radius 3 is 2.44 bits per heavy atom. The summed E-state index contributed by atoms with van der Waals surface area (Å²) in [5, 5.41) is 7.75. The van der Waals surface area contributed by atoms with Gasteiger partial charge < -0.3 is 10.6 Å². The van der Waals surface area contributed by atoms with Crippen LogP contribution in [-0.2, 0) is 13.0 Å². The fraction of sp³-hybridized carbons (Fsp3) is 0.478. The van der Waals surface area contributed by atoms with Crippen molar-refractivity contribution in [3.63, 3.8) is 0 Å². The van der Waals surface area contributed by atoms with Gasteiger partial charge in [-0.25, -0.2) is 0 Å². The third kappa shape index (κ3) is 8.64. The van der Waals surface area contributed by atoms with Gasteiger partial charge in [0, 0.05) is 13.1 Å². The van der Waals surface area contributed by atoms with Crippen LogP contribution >= 0.6 is 20.8 Å². The number of anilines is 1. The van der Waals surface area contributed by atoms with Gasteiger partial charge in [0.15, 0.2) is 0 Å². The van der Waals surface area contributed by atoms with Crippen LogP contribution in [0.2, 0.25) is 5.02 Å². The number of benzene rings is 2. The predicted molar refractivity (Wildman–Crippen MR) is 124 cm³/mol. The molecule has 2 aromatic rings. The average molecular weight is 405 g/mol. The molecule has 0 amide bonds. The van der Waals surface area contributed by atoms with E-state index >= 15 is 0 Å². The fourth-order valence-electron chi connectivity index (χ4n) is 3.30. The van der Waals surface area contributed by atoms with Crippen LogP contribution in [0.5, 0.6) is 0 Å². The summed E-state index contributed by atoms with van der Waals surface area (Å²) in [6, 6.07) is 17.1. The quantitative estimate of drug-likeness (QED) is 0.327. The summed E-state index contributed by atoms with van der Waals surface area (Å²) in [6.07, 6.45) is 5.75. The van der Waals surface area contributed by atoms with Crippen LogP contribution in [0, 0.1) is 5.41 Å². The molecule has 148 valence electrons. The van der Waals surface area contributed by atoms with Gasteiger partial charge >= 0.3 is 0 Å². The molecule has 2 N–H and O–H groups in total. The molecule has 0 saturated carbocycles. The molecule has 0 aliphatic rings. The molecule has 0 spiro atoms. The number of hydrogen-bond donors (Lipinski definition) is 2. The Kier molecular flexibility index (Phi) is 9.62. The first-order chi connectivity index (χ1) is 13.0. The lowest BCUT2D eigenvalue weighted by Crippen LogP contribution is -2.17. The van der Waals surface area contributed by atoms with E-state index in [9.17, 15) is 0 Å². The fourth-order valence-corrected chi connectivity index (χ4v) is 3.77. The minimum Gasteiger partial charge on any atom is -0.384 e. The molecule has 0 saturated heterocycles. The van der Waals surface area contributed by atoms with Crippen molar-refractivity contribution in [2.24, 2.45) is 5.41 Å². The molecular formula is C23H34ClN2P. The molecule has 2 nitrogen and oxygen atoms in total. The lowest BCUT2D eigenvalue weighted by Gasteiger charge is -2.25. The van der Waals surface area contributed by atoms with Crippen molar-refractivity contribution in [2.45, 2.75) is 46.1 Å². The first-order valence-corrected chi connectivity index (χ1v) is 11.2. The molecule has 27 heavy (non-hydrogen) atoms. The molecule has 2 aromatic carbocycles. The van der Waals surface area contributed by atoms with Gasteiger partial charge in [-0.15, -0.1) is 9.24 Å². The van der Waals surface area contributed by atoms with Gasteiger partial charge in [0.05, 0.1) is 10.7 Å². The second-order valence-corrected chi connectivity index (χ2v) is 8.97. The van der Waals surface area contributed by atoms with Gasteiger partial charge in [-0.1, -0.05) is 61.8 Å². The zero-order valence-corrected chi connectivity index (χ0v) is 18.6. The second kappa shape index (κ2) is 11.7. The lowest BCUT2D eigenvalue weighted by molar-refractivity contribution is 0.326. The molecule has 0 radical (unpaired) electrons. The molecule has 0 aromatic heterocycles. The van der Waals surface area contributed by atoms with Crippen LogP contribution in [0.25, 0.3) is 0 Å². The summed E-state index contributed by atoms with van der Waals surface area (Å²) < 4.78 is 0. The maximum atomic E-state index is 6.45. The molecule has 0 aliphatic carbocycles. The standard InChI is InChI=1S/C23H34ClN2P/c1-23(2,17-19-8-4-3-5-9-19)12-6-14-26-22-11-10-20(16-21(22)24)18-25-13-7-15-27/h3-5,8-11,16,25-26H,6-7,12-15,17-18,27H2,1-2H3. The smallest absolute Gasteiger partial charge is 0.0640 e. The van der Waals surface area contributed by atoms with E-state index in [2.05, 4.69) is 82.3 Å². The van der Waals surface area contributed by atoms with E-state index in [1.165, 1.54) is 24.0 Å². The highest BCUT2D eigenvalue weighted by Gasteiger charge is 2.17. The number of nitrogens with one attached hydrogen (secondary N) is 2. The molecule has 0 bridgehead atoms. The second-order valence-electron chi connectivity index (χ2n) is 7.99. The van der Waals surface area contributed by atoms with Crippen molar-refractivity contribution in [3.8, 4) is 0 Å². The highest BCUT2D eigenvalue weighted by Crippen LogP contribution is 2.28. The highest BCUT2D eigenvalue weighted by atomic mass is 35.5. The number of rotatable bonds is 12. The van der Waals surface area contributed by atoms with Gasteiger partial charge in [-0.05, 0) is 67.1 Å².